The molecule has 1 heterocycles. The number of esters is 1. The van der Waals surface area contributed by atoms with Gasteiger partial charge in [0, 0.05) is 43.9 Å². The molecule has 3 amide bonds. The Morgan fingerprint density at radius 1 is 1.23 bits per heavy atom. The van der Waals surface area contributed by atoms with Gasteiger partial charge in [-0.2, -0.15) is 11.8 Å². The van der Waals surface area contributed by atoms with Gasteiger partial charge in [-0.1, -0.05) is 24.3 Å². The number of thioether (sulfide) groups is 2. The van der Waals surface area contributed by atoms with Gasteiger partial charge in [-0.05, 0) is 49.8 Å². The van der Waals surface area contributed by atoms with Crippen molar-refractivity contribution in [3.8, 4) is 0 Å². The number of amides is 3. The number of hydrogen-bond donors (Lipinski definition) is 5. The highest BCUT2D eigenvalue weighted by molar-refractivity contribution is 8.00. The van der Waals surface area contributed by atoms with Gasteiger partial charge in [-0.25, -0.2) is 4.79 Å². The molecule has 40 heavy (non-hydrogen) atoms. The standard InChI is InChI=1S/C20H33N5O2S.C7H13NO3S/c1-14(26)24-13-28-20(2,3)18(23-11-17(22)10-21)19(27)25-9-8-15-6-4-5-7-16(15)12-25;1-11-7(10)6(8-5-9)3-4-12-2/h4-7,17-18,23H,8-13,21-22H2,1-3H3,(H,24,26);5-6H,3-4H2,1-2H3,(H,8,9)/t17-,18+;6-/m00/s1. The van der Waals surface area contributed by atoms with Crippen LogP contribution in [0.4, 0.5) is 0 Å². The van der Waals surface area contributed by atoms with E-state index in [0.717, 1.165) is 12.2 Å². The first-order chi connectivity index (χ1) is 19.0. The van der Waals surface area contributed by atoms with Crippen LogP contribution in [0.2, 0.25) is 0 Å². The summed E-state index contributed by atoms with van der Waals surface area (Å²) in [6.07, 6.45) is 3.92. The van der Waals surface area contributed by atoms with Crippen LogP contribution in [0.5, 0.6) is 0 Å². The number of methoxy groups -OCH3 is 1. The lowest BCUT2D eigenvalue weighted by Crippen LogP contribution is -2.59. The summed E-state index contributed by atoms with van der Waals surface area (Å²) in [5.74, 6) is 0.840. The van der Waals surface area contributed by atoms with E-state index >= 15 is 0 Å². The summed E-state index contributed by atoms with van der Waals surface area (Å²) in [7, 11) is 1.31. The highest BCUT2D eigenvalue weighted by atomic mass is 32.2. The van der Waals surface area contributed by atoms with Crippen molar-refractivity contribution in [2.45, 2.75) is 63.0 Å². The van der Waals surface area contributed by atoms with Crippen molar-refractivity contribution in [2.75, 3.05) is 44.6 Å². The molecule has 0 fully saturated rings. The van der Waals surface area contributed by atoms with Crippen molar-refractivity contribution in [1.29, 1.82) is 0 Å². The SMILES string of the molecule is CC(=O)NCSC(C)(C)[C@H](NC[C@@H](N)CN)C(=O)N1CCc2ccccc2C1.COC(=O)[C@H](CCSC)NC=O. The van der Waals surface area contributed by atoms with Gasteiger partial charge in [-0.3, -0.25) is 14.4 Å². The minimum Gasteiger partial charge on any atom is -0.467 e. The second-order valence-electron chi connectivity index (χ2n) is 9.88. The molecule has 0 bridgehead atoms. The van der Waals surface area contributed by atoms with Gasteiger partial charge >= 0.3 is 5.97 Å². The van der Waals surface area contributed by atoms with Crippen molar-refractivity contribution >= 4 is 47.7 Å². The maximum absolute atomic E-state index is 13.4. The molecular formula is C27H46N6O5S2. The van der Waals surface area contributed by atoms with E-state index in [-0.39, 0.29) is 17.9 Å². The molecule has 0 spiro atoms. The Labute approximate surface area is 246 Å². The smallest absolute Gasteiger partial charge is 0.328 e. The van der Waals surface area contributed by atoms with Gasteiger partial charge < -0.3 is 37.1 Å². The van der Waals surface area contributed by atoms with Gasteiger partial charge in [0.05, 0.1) is 13.0 Å². The van der Waals surface area contributed by atoms with Crippen molar-refractivity contribution in [3.05, 3.63) is 35.4 Å². The van der Waals surface area contributed by atoms with Crippen LogP contribution in [0.15, 0.2) is 24.3 Å². The molecule has 2 rings (SSSR count). The van der Waals surface area contributed by atoms with E-state index in [1.54, 1.807) is 11.8 Å². The summed E-state index contributed by atoms with van der Waals surface area (Å²) in [5, 5.41) is 8.53. The Hall–Kier alpha value is -2.32. The first-order valence-corrected chi connectivity index (χ1v) is 15.6. The number of fused-ring (bicyclic) bond motifs is 1. The molecule has 226 valence electrons. The third-order valence-corrected chi connectivity index (χ3v) is 8.31. The second kappa shape index (κ2) is 18.9. The minimum atomic E-state index is -0.500. The molecule has 0 unspecified atom stereocenters. The van der Waals surface area contributed by atoms with E-state index in [0.29, 0.717) is 44.9 Å². The Balaban J connectivity index is 0.000000562. The number of hydrogen-bond acceptors (Lipinski definition) is 10. The highest BCUT2D eigenvalue weighted by Gasteiger charge is 2.38. The van der Waals surface area contributed by atoms with Gasteiger partial charge in [0.25, 0.3) is 0 Å². The number of nitrogens with zero attached hydrogens (tertiary/aromatic N) is 1. The van der Waals surface area contributed by atoms with Gasteiger partial charge in [0.15, 0.2) is 0 Å². The fraction of sp³-hybridized carbons (Fsp3) is 0.630. The first kappa shape index (κ1) is 35.7. The maximum atomic E-state index is 13.4. The van der Waals surface area contributed by atoms with Crippen LogP contribution in [-0.2, 0) is 36.9 Å². The Kier molecular flexibility index (Phi) is 16.9. The van der Waals surface area contributed by atoms with Gasteiger partial charge in [0.1, 0.15) is 12.1 Å². The molecule has 1 aliphatic rings. The number of nitrogens with two attached hydrogens (primary N) is 2. The fourth-order valence-corrected chi connectivity index (χ4v) is 5.46. The van der Waals surface area contributed by atoms with Crippen molar-refractivity contribution < 1.29 is 23.9 Å². The van der Waals surface area contributed by atoms with Crippen molar-refractivity contribution in [1.82, 2.24) is 20.9 Å². The average Bonchev–Trinajstić information content (AvgIpc) is 2.94. The summed E-state index contributed by atoms with van der Waals surface area (Å²) in [6, 6.07) is 7.10. The summed E-state index contributed by atoms with van der Waals surface area (Å²) in [5.41, 5.74) is 14.1. The minimum absolute atomic E-state index is 0.0547. The Morgan fingerprint density at radius 2 is 1.90 bits per heavy atom. The quantitative estimate of drug-likeness (QED) is 0.109. The molecule has 0 aliphatic carbocycles. The predicted molar refractivity (Wildman–Crippen MR) is 163 cm³/mol. The van der Waals surface area contributed by atoms with E-state index in [2.05, 4.69) is 32.8 Å². The van der Waals surface area contributed by atoms with Crippen molar-refractivity contribution in [2.24, 2.45) is 11.5 Å². The summed E-state index contributed by atoms with van der Waals surface area (Å²) in [4.78, 5) is 47.6. The van der Waals surface area contributed by atoms with Crippen LogP contribution in [0.1, 0.15) is 38.3 Å². The van der Waals surface area contributed by atoms with E-state index in [1.807, 2.05) is 37.1 Å². The molecule has 0 saturated heterocycles. The molecule has 11 nitrogen and oxygen atoms in total. The number of ether oxygens (including phenoxy) is 1. The number of rotatable bonds is 15. The lowest BCUT2D eigenvalue weighted by Gasteiger charge is -2.39. The second-order valence-corrected chi connectivity index (χ2v) is 12.5. The summed E-state index contributed by atoms with van der Waals surface area (Å²) >= 11 is 3.16. The molecular weight excluding hydrogens is 552 g/mol. The third-order valence-electron chi connectivity index (χ3n) is 6.40. The molecule has 13 heteroatoms. The number of nitrogens with one attached hydrogen (secondary N) is 3. The van der Waals surface area contributed by atoms with Crippen LogP contribution in [0.25, 0.3) is 0 Å². The van der Waals surface area contributed by atoms with E-state index in [9.17, 15) is 19.2 Å². The third kappa shape index (κ3) is 12.5. The molecule has 7 N–H and O–H groups in total. The fourth-order valence-electron chi connectivity index (χ4n) is 3.99. The average molecular weight is 599 g/mol. The zero-order valence-electron chi connectivity index (χ0n) is 24.2. The van der Waals surface area contributed by atoms with Crippen LogP contribution >= 0.6 is 23.5 Å². The van der Waals surface area contributed by atoms with Gasteiger partial charge in [-0.15, -0.1) is 11.8 Å². The van der Waals surface area contributed by atoms with Crippen LogP contribution in [0, 0.1) is 0 Å². The van der Waals surface area contributed by atoms with Gasteiger partial charge in [0.2, 0.25) is 18.2 Å². The molecule has 0 radical (unpaired) electrons. The van der Waals surface area contributed by atoms with Crippen LogP contribution in [-0.4, -0.2) is 96.6 Å². The Bertz CT molecular complexity index is 952. The topological polar surface area (TPSA) is 169 Å². The zero-order valence-corrected chi connectivity index (χ0v) is 25.9. The predicted octanol–water partition coefficient (Wildman–Crippen LogP) is 0.448. The van der Waals surface area contributed by atoms with Crippen LogP contribution < -0.4 is 27.4 Å². The molecule has 1 aromatic rings. The zero-order chi connectivity index (χ0) is 30.1. The first-order valence-electron chi connectivity index (χ1n) is 13.2. The number of carbonyl (C=O) groups excluding carboxylic acids is 4. The van der Waals surface area contributed by atoms with E-state index < -0.39 is 22.8 Å². The lowest BCUT2D eigenvalue weighted by molar-refractivity contribution is -0.144. The van der Waals surface area contributed by atoms with Crippen LogP contribution in [0.3, 0.4) is 0 Å². The molecule has 1 aromatic carbocycles. The molecule has 3 atom stereocenters. The van der Waals surface area contributed by atoms with Crippen molar-refractivity contribution in [3.63, 3.8) is 0 Å². The largest absolute Gasteiger partial charge is 0.467 e. The number of carbonyl (C=O) groups is 4. The van der Waals surface area contributed by atoms with E-state index in [4.69, 9.17) is 11.5 Å². The van der Waals surface area contributed by atoms with E-state index in [1.165, 1.54) is 36.9 Å². The summed E-state index contributed by atoms with van der Waals surface area (Å²) in [6.45, 7) is 7.64. The monoisotopic (exact) mass is 598 g/mol. The maximum Gasteiger partial charge on any atom is 0.328 e. The normalized spacial score (nSPS) is 14.9. The Morgan fingerprint density at radius 3 is 2.48 bits per heavy atom. The highest BCUT2D eigenvalue weighted by Crippen LogP contribution is 2.30. The molecule has 0 saturated carbocycles. The molecule has 1 aliphatic heterocycles. The lowest BCUT2D eigenvalue weighted by atomic mass is 9.96. The summed E-state index contributed by atoms with van der Waals surface area (Å²) < 4.78 is 4.05. The number of benzene rings is 1. The molecule has 0 aromatic heterocycles.